The molecular weight excluding hydrogens is 244 g/mol. The summed E-state index contributed by atoms with van der Waals surface area (Å²) < 4.78 is 0. The molecule has 0 aromatic heterocycles. The van der Waals surface area contributed by atoms with Crippen LogP contribution in [0, 0.1) is 5.92 Å². The average Bonchev–Trinajstić information content (AvgIpc) is 2.38. The second kappa shape index (κ2) is 8.16. The van der Waals surface area contributed by atoms with Crippen molar-refractivity contribution in [1.82, 2.24) is 10.6 Å². The van der Waals surface area contributed by atoms with Crippen molar-refractivity contribution < 1.29 is 4.79 Å². The van der Waals surface area contributed by atoms with E-state index in [4.69, 9.17) is 0 Å². The fraction of sp³-hybridized carbons (Fsp3) is 0.500. The molecule has 100 valence electrons. The third kappa shape index (κ3) is 5.56. The molecule has 0 spiro atoms. The molecule has 1 rings (SSSR count). The minimum absolute atomic E-state index is 0.0593. The number of amides is 1. The molecular formula is C14H22N2OS. The fourth-order valence-electron chi connectivity index (χ4n) is 1.45. The van der Waals surface area contributed by atoms with Crippen LogP contribution in [0.15, 0.2) is 29.2 Å². The molecule has 2 N–H and O–H groups in total. The topological polar surface area (TPSA) is 41.1 Å². The molecule has 18 heavy (non-hydrogen) atoms. The van der Waals surface area contributed by atoms with E-state index in [1.165, 1.54) is 10.5 Å². The molecule has 1 amide bonds. The summed E-state index contributed by atoms with van der Waals surface area (Å²) in [5, 5.41) is 6.19. The van der Waals surface area contributed by atoms with Gasteiger partial charge >= 0.3 is 0 Å². The lowest BCUT2D eigenvalue weighted by atomic mass is 10.2. The Hall–Kier alpha value is -1.00. The van der Waals surface area contributed by atoms with Crippen molar-refractivity contribution in [1.29, 1.82) is 0 Å². The lowest BCUT2D eigenvalue weighted by Gasteiger charge is -2.09. The first kappa shape index (κ1) is 15.1. The summed E-state index contributed by atoms with van der Waals surface area (Å²) in [6.45, 7) is 6.11. The zero-order chi connectivity index (χ0) is 13.4. The molecule has 0 fully saturated rings. The maximum Gasteiger partial charge on any atom is 0.222 e. The van der Waals surface area contributed by atoms with Gasteiger partial charge in [-0.2, -0.15) is 0 Å². The Morgan fingerprint density at radius 1 is 1.22 bits per heavy atom. The summed E-state index contributed by atoms with van der Waals surface area (Å²) in [5.74, 6) is 0.171. The number of thioether (sulfide) groups is 1. The molecule has 0 heterocycles. The van der Waals surface area contributed by atoms with E-state index in [0.717, 1.165) is 13.1 Å². The van der Waals surface area contributed by atoms with Crippen molar-refractivity contribution in [2.24, 2.45) is 5.92 Å². The van der Waals surface area contributed by atoms with Crippen molar-refractivity contribution in [3.63, 3.8) is 0 Å². The van der Waals surface area contributed by atoms with E-state index in [9.17, 15) is 4.79 Å². The number of rotatable bonds is 7. The van der Waals surface area contributed by atoms with Crippen molar-refractivity contribution in [2.45, 2.75) is 25.3 Å². The van der Waals surface area contributed by atoms with Crippen LogP contribution in [0.4, 0.5) is 0 Å². The molecule has 0 aliphatic rings. The van der Waals surface area contributed by atoms with Crippen LogP contribution in [0.3, 0.4) is 0 Å². The van der Waals surface area contributed by atoms with E-state index >= 15 is 0 Å². The van der Waals surface area contributed by atoms with Crippen molar-refractivity contribution in [2.75, 3.05) is 19.3 Å². The Bertz CT molecular complexity index is 363. The highest BCUT2D eigenvalue weighted by atomic mass is 32.2. The van der Waals surface area contributed by atoms with Gasteiger partial charge in [0.05, 0.1) is 0 Å². The molecule has 0 saturated heterocycles. The van der Waals surface area contributed by atoms with E-state index in [0.29, 0.717) is 6.54 Å². The van der Waals surface area contributed by atoms with Crippen LogP contribution in [0.5, 0.6) is 0 Å². The first-order valence-corrected chi connectivity index (χ1v) is 7.47. The second-order valence-electron chi connectivity index (χ2n) is 4.47. The molecule has 0 unspecified atom stereocenters. The minimum Gasteiger partial charge on any atom is -0.355 e. The van der Waals surface area contributed by atoms with Gasteiger partial charge in [0.1, 0.15) is 0 Å². The number of hydrogen-bond donors (Lipinski definition) is 2. The van der Waals surface area contributed by atoms with E-state index in [1.807, 2.05) is 13.8 Å². The molecule has 0 aliphatic carbocycles. The highest BCUT2D eigenvalue weighted by Crippen LogP contribution is 2.14. The zero-order valence-corrected chi connectivity index (χ0v) is 12.1. The standard InChI is InChI=1S/C14H22N2OS/c1-11(2)14(17)16-9-8-15-10-12-4-6-13(18-3)7-5-12/h4-7,11,15H,8-10H2,1-3H3,(H,16,17). The number of carbonyl (C=O) groups is 1. The number of carbonyl (C=O) groups excluding carboxylic acids is 1. The quantitative estimate of drug-likeness (QED) is 0.587. The molecule has 4 heteroatoms. The fourth-order valence-corrected chi connectivity index (χ4v) is 1.86. The summed E-state index contributed by atoms with van der Waals surface area (Å²) in [5.41, 5.74) is 1.27. The Kier molecular flexibility index (Phi) is 6.83. The first-order chi connectivity index (χ1) is 8.63. The normalized spacial score (nSPS) is 10.7. The number of hydrogen-bond acceptors (Lipinski definition) is 3. The zero-order valence-electron chi connectivity index (χ0n) is 11.3. The highest BCUT2D eigenvalue weighted by molar-refractivity contribution is 7.98. The van der Waals surface area contributed by atoms with Crippen LogP contribution in [0.25, 0.3) is 0 Å². The molecule has 1 aromatic rings. The Morgan fingerprint density at radius 2 is 1.89 bits per heavy atom. The van der Waals surface area contributed by atoms with Crippen molar-refractivity contribution in [3.05, 3.63) is 29.8 Å². The third-order valence-corrected chi connectivity index (χ3v) is 3.36. The van der Waals surface area contributed by atoms with Gasteiger partial charge in [0, 0.05) is 30.4 Å². The van der Waals surface area contributed by atoms with Gasteiger partial charge in [-0.1, -0.05) is 26.0 Å². The number of nitrogens with one attached hydrogen (secondary N) is 2. The van der Waals surface area contributed by atoms with E-state index in [-0.39, 0.29) is 11.8 Å². The van der Waals surface area contributed by atoms with Gasteiger partial charge < -0.3 is 10.6 Å². The smallest absolute Gasteiger partial charge is 0.222 e. The van der Waals surface area contributed by atoms with Crippen LogP contribution in [-0.2, 0) is 11.3 Å². The van der Waals surface area contributed by atoms with Gasteiger partial charge in [0.2, 0.25) is 5.91 Å². The maximum absolute atomic E-state index is 11.3. The summed E-state index contributed by atoms with van der Waals surface area (Å²) in [4.78, 5) is 12.6. The average molecular weight is 266 g/mol. The molecule has 0 bridgehead atoms. The molecule has 0 radical (unpaired) electrons. The third-order valence-electron chi connectivity index (χ3n) is 2.61. The summed E-state index contributed by atoms with van der Waals surface area (Å²) in [6.07, 6.45) is 2.07. The lowest BCUT2D eigenvalue weighted by molar-refractivity contribution is -0.123. The second-order valence-corrected chi connectivity index (χ2v) is 5.35. The maximum atomic E-state index is 11.3. The summed E-state index contributed by atoms with van der Waals surface area (Å²) in [7, 11) is 0. The van der Waals surface area contributed by atoms with Gasteiger partial charge in [0.15, 0.2) is 0 Å². The molecule has 0 saturated carbocycles. The Morgan fingerprint density at radius 3 is 2.44 bits per heavy atom. The molecule has 3 nitrogen and oxygen atoms in total. The molecule has 1 aromatic carbocycles. The van der Waals surface area contributed by atoms with Gasteiger partial charge in [-0.05, 0) is 24.0 Å². The van der Waals surface area contributed by atoms with Crippen LogP contribution < -0.4 is 10.6 Å². The van der Waals surface area contributed by atoms with Crippen LogP contribution >= 0.6 is 11.8 Å². The Balaban J connectivity index is 2.15. The van der Waals surface area contributed by atoms with Gasteiger partial charge in [-0.15, -0.1) is 11.8 Å². The van der Waals surface area contributed by atoms with Gasteiger partial charge in [-0.25, -0.2) is 0 Å². The largest absolute Gasteiger partial charge is 0.355 e. The predicted octanol–water partition coefficient (Wildman–Crippen LogP) is 2.27. The highest BCUT2D eigenvalue weighted by Gasteiger charge is 2.04. The van der Waals surface area contributed by atoms with E-state index < -0.39 is 0 Å². The number of benzene rings is 1. The molecule has 0 atom stereocenters. The first-order valence-electron chi connectivity index (χ1n) is 6.25. The van der Waals surface area contributed by atoms with Crippen LogP contribution in [0.2, 0.25) is 0 Å². The van der Waals surface area contributed by atoms with Crippen molar-refractivity contribution >= 4 is 17.7 Å². The predicted molar refractivity (Wildman–Crippen MR) is 77.8 cm³/mol. The van der Waals surface area contributed by atoms with Gasteiger partial charge in [0.25, 0.3) is 0 Å². The Labute approximate surface area is 114 Å². The monoisotopic (exact) mass is 266 g/mol. The van der Waals surface area contributed by atoms with Crippen LogP contribution in [0.1, 0.15) is 19.4 Å². The minimum atomic E-state index is 0.0593. The summed E-state index contributed by atoms with van der Waals surface area (Å²) >= 11 is 1.75. The molecule has 0 aliphatic heterocycles. The van der Waals surface area contributed by atoms with Gasteiger partial charge in [-0.3, -0.25) is 4.79 Å². The van der Waals surface area contributed by atoms with E-state index in [2.05, 4.69) is 41.2 Å². The lowest BCUT2D eigenvalue weighted by Crippen LogP contribution is -2.34. The van der Waals surface area contributed by atoms with Crippen LogP contribution in [-0.4, -0.2) is 25.3 Å². The summed E-state index contributed by atoms with van der Waals surface area (Å²) in [6, 6.07) is 8.52. The SMILES string of the molecule is CSc1ccc(CNCCNC(=O)C(C)C)cc1. The van der Waals surface area contributed by atoms with Crippen molar-refractivity contribution in [3.8, 4) is 0 Å². The van der Waals surface area contributed by atoms with E-state index in [1.54, 1.807) is 11.8 Å².